The minimum absolute atomic E-state index is 0.176. The zero-order chi connectivity index (χ0) is 15.6. The van der Waals surface area contributed by atoms with E-state index in [1.165, 1.54) is 20.8 Å². The molecule has 0 rings (SSSR count). The minimum atomic E-state index is -1.43. The lowest BCUT2D eigenvalue weighted by Gasteiger charge is -2.07. The van der Waals surface area contributed by atoms with Crippen LogP contribution < -0.4 is 0 Å². The van der Waals surface area contributed by atoms with E-state index in [1.54, 1.807) is 0 Å². The standard InChI is InChI=1S/C4H6O2.2C3H7ClO2/c1-3(2)4(5)6;2*1-3(4,6)2-5/h1H2,2H3,(H,5,6);2*5-6H,2H2,1H3. The summed E-state index contributed by atoms with van der Waals surface area (Å²) in [6.07, 6.45) is 0. The second-order valence-electron chi connectivity index (χ2n) is 3.69. The van der Waals surface area contributed by atoms with Crippen LogP contribution in [0.15, 0.2) is 12.2 Å². The van der Waals surface area contributed by atoms with Crippen molar-refractivity contribution in [1.82, 2.24) is 0 Å². The summed E-state index contributed by atoms with van der Waals surface area (Å²) in [6.45, 7) is 6.41. The van der Waals surface area contributed by atoms with Crippen molar-refractivity contribution < 1.29 is 30.3 Å². The third-order valence-electron chi connectivity index (χ3n) is 0.942. The Kier molecular flexibility index (Phi) is 13.3. The molecule has 110 valence electrons. The Morgan fingerprint density at radius 1 is 1.11 bits per heavy atom. The number of aliphatic hydroxyl groups excluding tert-OH is 2. The van der Waals surface area contributed by atoms with Crippen molar-refractivity contribution in [2.45, 2.75) is 30.9 Å². The third kappa shape index (κ3) is 36.1. The quantitative estimate of drug-likeness (QED) is 0.383. The Hall–Kier alpha value is -0.370. The number of carbonyl (C=O) groups is 1. The molecule has 0 saturated carbocycles. The van der Waals surface area contributed by atoms with Gasteiger partial charge in [-0.2, -0.15) is 0 Å². The van der Waals surface area contributed by atoms with E-state index in [4.69, 9.17) is 48.7 Å². The van der Waals surface area contributed by atoms with Crippen molar-refractivity contribution in [3.8, 4) is 0 Å². The molecule has 2 unspecified atom stereocenters. The molecule has 0 fully saturated rings. The number of aliphatic carboxylic acids is 1. The molecule has 18 heavy (non-hydrogen) atoms. The maximum atomic E-state index is 9.60. The summed E-state index contributed by atoms with van der Waals surface area (Å²) in [5.41, 5.74) is 0.176. The largest absolute Gasteiger partial charge is 0.478 e. The molecular weight excluding hydrogens is 287 g/mol. The average molecular weight is 307 g/mol. The summed E-state index contributed by atoms with van der Waals surface area (Å²) in [4.78, 5) is 9.60. The SMILES string of the molecule is C=C(C)C(=O)O.CC(O)(Cl)CO.CC(O)(Cl)CO. The van der Waals surface area contributed by atoms with Crippen LogP contribution in [-0.2, 0) is 4.79 Å². The molecule has 0 aliphatic rings. The lowest BCUT2D eigenvalue weighted by molar-refractivity contribution is -0.132. The van der Waals surface area contributed by atoms with Crippen LogP contribution in [0.4, 0.5) is 0 Å². The molecule has 8 heteroatoms. The number of carboxylic acids is 1. The summed E-state index contributed by atoms with van der Waals surface area (Å²) >= 11 is 10.0. The van der Waals surface area contributed by atoms with Crippen LogP contribution in [0.25, 0.3) is 0 Å². The molecule has 0 radical (unpaired) electrons. The molecule has 2 atom stereocenters. The van der Waals surface area contributed by atoms with Crippen LogP contribution in [0.1, 0.15) is 20.8 Å². The van der Waals surface area contributed by atoms with Gasteiger partial charge in [0.2, 0.25) is 0 Å². The molecule has 5 N–H and O–H groups in total. The van der Waals surface area contributed by atoms with Crippen LogP contribution in [0.2, 0.25) is 0 Å². The molecule has 0 aromatic heterocycles. The topological polar surface area (TPSA) is 118 Å². The summed E-state index contributed by atoms with van der Waals surface area (Å²) in [5.74, 6) is -0.935. The number of rotatable bonds is 3. The number of hydrogen-bond acceptors (Lipinski definition) is 5. The number of aliphatic hydroxyl groups is 4. The van der Waals surface area contributed by atoms with Crippen LogP contribution >= 0.6 is 23.2 Å². The highest BCUT2D eigenvalue weighted by molar-refractivity contribution is 6.22. The van der Waals surface area contributed by atoms with Gasteiger partial charge in [-0.1, -0.05) is 29.8 Å². The van der Waals surface area contributed by atoms with Crippen molar-refractivity contribution in [2.24, 2.45) is 0 Å². The van der Waals surface area contributed by atoms with Crippen LogP contribution in [0.3, 0.4) is 0 Å². The number of alkyl halides is 2. The molecule has 0 aromatic carbocycles. The first kappa shape index (κ1) is 22.8. The van der Waals surface area contributed by atoms with E-state index >= 15 is 0 Å². The van der Waals surface area contributed by atoms with Crippen molar-refractivity contribution in [3.05, 3.63) is 12.2 Å². The van der Waals surface area contributed by atoms with Gasteiger partial charge in [0.25, 0.3) is 0 Å². The predicted molar refractivity (Wildman–Crippen MR) is 69.6 cm³/mol. The Morgan fingerprint density at radius 2 is 1.22 bits per heavy atom. The first-order chi connectivity index (χ1) is 7.76. The molecule has 0 aromatic rings. The van der Waals surface area contributed by atoms with Crippen molar-refractivity contribution in [2.75, 3.05) is 13.2 Å². The molecule has 0 aliphatic carbocycles. The fourth-order valence-electron chi connectivity index (χ4n) is 0. The van der Waals surface area contributed by atoms with Gasteiger partial charge in [0.1, 0.15) is 0 Å². The van der Waals surface area contributed by atoms with Crippen molar-refractivity contribution in [1.29, 1.82) is 0 Å². The lowest BCUT2D eigenvalue weighted by atomic mass is 10.4. The molecule has 0 saturated heterocycles. The Bertz CT molecular complexity index is 216. The third-order valence-corrected chi connectivity index (χ3v) is 1.18. The zero-order valence-corrected chi connectivity index (χ0v) is 12.0. The summed E-state index contributed by atoms with van der Waals surface area (Å²) in [5, 5.41) is 37.8. The van der Waals surface area contributed by atoms with Gasteiger partial charge in [0.15, 0.2) is 10.1 Å². The van der Waals surface area contributed by atoms with E-state index in [0.717, 1.165) is 0 Å². The predicted octanol–water partition coefficient (Wildman–Crippen LogP) is 0.499. The first-order valence-electron chi connectivity index (χ1n) is 4.70. The lowest BCUT2D eigenvalue weighted by Crippen LogP contribution is -2.19. The Morgan fingerprint density at radius 3 is 1.22 bits per heavy atom. The van der Waals surface area contributed by atoms with E-state index in [1.807, 2.05) is 0 Å². The first-order valence-corrected chi connectivity index (χ1v) is 5.45. The minimum Gasteiger partial charge on any atom is -0.478 e. The Balaban J connectivity index is -0.000000187. The van der Waals surface area contributed by atoms with Gasteiger partial charge in [0, 0.05) is 5.57 Å². The normalized spacial score (nSPS) is 15.8. The van der Waals surface area contributed by atoms with Crippen LogP contribution in [0, 0.1) is 0 Å². The zero-order valence-electron chi connectivity index (χ0n) is 10.5. The van der Waals surface area contributed by atoms with Crippen molar-refractivity contribution in [3.63, 3.8) is 0 Å². The summed E-state index contributed by atoms with van der Waals surface area (Å²) in [7, 11) is 0. The van der Waals surface area contributed by atoms with Gasteiger partial charge in [-0.3, -0.25) is 0 Å². The highest BCUT2D eigenvalue weighted by atomic mass is 35.5. The number of carboxylic acid groups (broad SMARTS) is 1. The van der Waals surface area contributed by atoms with Crippen LogP contribution in [0.5, 0.6) is 0 Å². The monoisotopic (exact) mass is 306 g/mol. The fourth-order valence-corrected chi connectivity index (χ4v) is 0. The fraction of sp³-hybridized carbons (Fsp3) is 0.700. The molecule has 0 amide bonds. The maximum Gasteiger partial charge on any atom is 0.330 e. The average Bonchev–Trinajstić information content (AvgIpc) is 2.17. The summed E-state index contributed by atoms with van der Waals surface area (Å²) in [6, 6.07) is 0. The smallest absolute Gasteiger partial charge is 0.330 e. The molecule has 6 nitrogen and oxygen atoms in total. The van der Waals surface area contributed by atoms with E-state index < -0.39 is 29.3 Å². The van der Waals surface area contributed by atoms with E-state index in [9.17, 15) is 4.79 Å². The van der Waals surface area contributed by atoms with Gasteiger partial charge in [0.05, 0.1) is 13.2 Å². The van der Waals surface area contributed by atoms with Gasteiger partial charge < -0.3 is 25.5 Å². The number of halogens is 2. The van der Waals surface area contributed by atoms with Gasteiger partial charge >= 0.3 is 5.97 Å². The molecule has 0 bridgehead atoms. The van der Waals surface area contributed by atoms with Gasteiger partial charge in [-0.25, -0.2) is 4.79 Å². The summed E-state index contributed by atoms with van der Waals surface area (Å²) < 4.78 is 0. The Labute approximate surface area is 116 Å². The number of hydrogen-bond donors (Lipinski definition) is 5. The molecule has 0 aliphatic heterocycles. The second kappa shape index (κ2) is 10.5. The van der Waals surface area contributed by atoms with E-state index in [0.29, 0.717) is 0 Å². The highest BCUT2D eigenvalue weighted by Gasteiger charge is 2.11. The second-order valence-corrected chi connectivity index (χ2v) is 5.32. The van der Waals surface area contributed by atoms with E-state index in [-0.39, 0.29) is 5.57 Å². The maximum absolute atomic E-state index is 9.60. The van der Waals surface area contributed by atoms with Crippen molar-refractivity contribution >= 4 is 29.2 Å². The van der Waals surface area contributed by atoms with Gasteiger partial charge in [-0.05, 0) is 20.8 Å². The van der Waals surface area contributed by atoms with Crippen LogP contribution in [-0.4, -0.2) is 54.8 Å². The van der Waals surface area contributed by atoms with Gasteiger partial charge in [-0.15, -0.1) is 0 Å². The highest BCUT2D eigenvalue weighted by Crippen LogP contribution is 2.05. The molecule has 0 spiro atoms. The molecule has 0 heterocycles. The van der Waals surface area contributed by atoms with E-state index in [2.05, 4.69) is 6.58 Å². The molecular formula is C10H20Cl2O6.